The monoisotopic (exact) mass is 418 g/mol. The average Bonchev–Trinajstić information content (AvgIpc) is 2.67. The van der Waals surface area contributed by atoms with Crippen molar-refractivity contribution >= 4 is 52.5 Å². The summed E-state index contributed by atoms with van der Waals surface area (Å²) in [6.07, 6.45) is 1.37. The summed E-state index contributed by atoms with van der Waals surface area (Å²) < 4.78 is 10.2. The quantitative estimate of drug-likeness (QED) is 0.451. The van der Waals surface area contributed by atoms with Gasteiger partial charge in [0.1, 0.15) is 5.57 Å². The molecule has 1 saturated heterocycles. The van der Waals surface area contributed by atoms with Crippen LogP contribution in [0.3, 0.4) is 0 Å². The van der Waals surface area contributed by atoms with Crippen molar-refractivity contribution in [1.29, 1.82) is 0 Å². The number of carbonyl (C=O) groups excluding carboxylic acids is 2. The molecule has 0 bridgehead atoms. The molecular formula is C19H15ClN2O5S. The first kappa shape index (κ1) is 19.7. The first-order chi connectivity index (χ1) is 13.3. The summed E-state index contributed by atoms with van der Waals surface area (Å²) in [6, 6.07) is 9.42. The number of amides is 2. The van der Waals surface area contributed by atoms with Crippen LogP contribution in [0.1, 0.15) is 5.56 Å². The first-order valence-electron chi connectivity index (χ1n) is 7.97. The molecule has 0 saturated carbocycles. The maximum Gasteiger partial charge on any atom is 0.270 e. The van der Waals surface area contributed by atoms with Gasteiger partial charge in [-0.1, -0.05) is 11.6 Å². The van der Waals surface area contributed by atoms with Crippen molar-refractivity contribution < 1.29 is 24.2 Å². The van der Waals surface area contributed by atoms with Crippen molar-refractivity contribution in [3.63, 3.8) is 0 Å². The minimum atomic E-state index is -0.633. The molecule has 0 unspecified atom stereocenters. The number of benzene rings is 2. The largest absolute Gasteiger partial charge is 0.502 e. The van der Waals surface area contributed by atoms with E-state index < -0.39 is 11.8 Å². The molecule has 0 aliphatic carbocycles. The van der Waals surface area contributed by atoms with Gasteiger partial charge in [0.05, 0.1) is 19.9 Å². The van der Waals surface area contributed by atoms with Crippen LogP contribution in [-0.4, -0.2) is 36.3 Å². The van der Waals surface area contributed by atoms with Crippen LogP contribution in [0.15, 0.2) is 42.0 Å². The number of phenols is 1. The number of methoxy groups -OCH3 is 2. The zero-order chi connectivity index (χ0) is 20.4. The Labute approximate surface area is 171 Å². The molecule has 0 radical (unpaired) electrons. The summed E-state index contributed by atoms with van der Waals surface area (Å²) >= 11 is 11.0. The van der Waals surface area contributed by atoms with E-state index in [2.05, 4.69) is 5.32 Å². The molecule has 2 amide bonds. The highest BCUT2D eigenvalue weighted by Gasteiger charge is 2.34. The Kier molecular flexibility index (Phi) is 5.53. The van der Waals surface area contributed by atoms with Crippen LogP contribution in [0.25, 0.3) is 6.08 Å². The predicted octanol–water partition coefficient (Wildman–Crippen LogP) is 2.89. The molecule has 2 aromatic carbocycles. The molecule has 1 aliphatic rings. The molecule has 1 heterocycles. The smallest absolute Gasteiger partial charge is 0.270 e. The Morgan fingerprint density at radius 3 is 2.21 bits per heavy atom. The molecule has 2 aromatic rings. The van der Waals surface area contributed by atoms with Crippen LogP contribution >= 0.6 is 23.8 Å². The second kappa shape index (κ2) is 7.87. The van der Waals surface area contributed by atoms with Gasteiger partial charge in [-0.05, 0) is 60.3 Å². The minimum Gasteiger partial charge on any atom is -0.502 e. The lowest BCUT2D eigenvalue weighted by Crippen LogP contribution is -2.54. The highest BCUT2D eigenvalue weighted by Crippen LogP contribution is 2.38. The fourth-order valence-electron chi connectivity index (χ4n) is 2.65. The third-order valence-corrected chi connectivity index (χ3v) is 4.54. The summed E-state index contributed by atoms with van der Waals surface area (Å²) in [5.41, 5.74) is 0.749. The van der Waals surface area contributed by atoms with Gasteiger partial charge in [-0.3, -0.25) is 19.8 Å². The lowest BCUT2D eigenvalue weighted by molar-refractivity contribution is -0.122. The number of rotatable bonds is 4. The molecule has 2 N–H and O–H groups in total. The lowest BCUT2D eigenvalue weighted by atomic mass is 10.1. The van der Waals surface area contributed by atoms with Crippen LogP contribution in [-0.2, 0) is 9.59 Å². The van der Waals surface area contributed by atoms with Crippen LogP contribution in [0.4, 0.5) is 5.69 Å². The van der Waals surface area contributed by atoms with Crippen LogP contribution in [0, 0.1) is 0 Å². The highest BCUT2D eigenvalue weighted by atomic mass is 35.5. The second-order valence-corrected chi connectivity index (χ2v) is 6.53. The fraction of sp³-hybridized carbons (Fsp3) is 0.105. The highest BCUT2D eigenvalue weighted by molar-refractivity contribution is 7.80. The number of nitrogens with one attached hydrogen (secondary N) is 1. The van der Waals surface area contributed by atoms with E-state index >= 15 is 0 Å². The standard InChI is InChI=1S/C19H15ClN2O5S/c1-26-14-8-10(9-15(27-2)16(14)23)7-13-17(24)21-19(28)22(18(13)25)12-5-3-11(20)4-6-12/h3-9,23H,1-2H3,(H,21,24,28)/b13-7+. The molecule has 28 heavy (non-hydrogen) atoms. The van der Waals surface area contributed by atoms with E-state index in [0.29, 0.717) is 16.3 Å². The Morgan fingerprint density at radius 2 is 1.68 bits per heavy atom. The number of thiocarbonyl (C=S) groups is 1. The number of halogens is 1. The number of nitrogens with zero attached hydrogens (tertiary/aromatic N) is 1. The lowest BCUT2D eigenvalue weighted by Gasteiger charge is -2.29. The number of anilines is 1. The van der Waals surface area contributed by atoms with Gasteiger partial charge >= 0.3 is 0 Å². The molecule has 144 valence electrons. The summed E-state index contributed by atoms with van der Waals surface area (Å²) in [5.74, 6) is -1.14. The fourth-order valence-corrected chi connectivity index (χ4v) is 3.05. The van der Waals surface area contributed by atoms with Crippen molar-refractivity contribution in [2.75, 3.05) is 19.1 Å². The third-order valence-electron chi connectivity index (χ3n) is 4.00. The van der Waals surface area contributed by atoms with E-state index in [1.165, 1.54) is 37.3 Å². The summed E-state index contributed by atoms with van der Waals surface area (Å²) in [7, 11) is 2.76. The van der Waals surface area contributed by atoms with Crippen LogP contribution in [0.5, 0.6) is 17.2 Å². The predicted molar refractivity (Wildman–Crippen MR) is 109 cm³/mol. The van der Waals surface area contributed by atoms with Gasteiger partial charge in [-0.15, -0.1) is 0 Å². The zero-order valence-electron chi connectivity index (χ0n) is 14.9. The van der Waals surface area contributed by atoms with Gasteiger partial charge in [0.2, 0.25) is 5.75 Å². The minimum absolute atomic E-state index is 0.0321. The Bertz CT molecular complexity index is 979. The van der Waals surface area contributed by atoms with Crippen molar-refractivity contribution in [3.05, 3.63) is 52.6 Å². The summed E-state index contributed by atoms with van der Waals surface area (Å²) in [6.45, 7) is 0. The van der Waals surface area contributed by atoms with E-state index in [1.54, 1.807) is 24.3 Å². The maximum atomic E-state index is 13.0. The molecule has 3 rings (SSSR count). The molecule has 0 spiro atoms. The van der Waals surface area contributed by atoms with Gasteiger partial charge in [0.15, 0.2) is 16.6 Å². The maximum absolute atomic E-state index is 13.0. The van der Waals surface area contributed by atoms with Gasteiger partial charge in [0.25, 0.3) is 11.8 Å². The molecular weight excluding hydrogens is 404 g/mol. The van der Waals surface area contributed by atoms with Crippen molar-refractivity contribution in [3.8, 4) is 17.2 Å². The first-order valence-corrected chi connectivity index (χ1v) is 8.76. The number of hydrogen-bond acceptors (Lipinski definition) is 6. The number of carbonyl (C=O) groups is 2. The average molecular weight is 419 g/mol. The molecule has 1 aliphatic heterocycles. The SMILES string of the molecule is COc1cc(/C=C2\C(=O)NC(=S)N(c3ccc(Cl)cc3)C2=O)cc(OC)c1O. The van der Waals surface area contributed by atoms with Gasteiger partial charge in [-0.25, -0.2) is 0 Å². The third kappa shape index (κ3) is 3.64. The summed E-state index contributed by atoms with van der Waals surface area (Å²) in [5, 5.41) is 13.0. The number of aromatic hydroxyl groups is 1. The van der Waals surface area contributed by atoms with Gasteiger partial charge in [-0.2, -0.15) is 0 Å². The van der Waals surface area contributed by atoms with E-state index in [-0.39, 0.29) is 27.9 Å². The second-order valence-electron chi connectivity index (χ2n) is 5.71. The van der Waals surface area contributed by atoms with E-state index in [9.17, 15) is 14.7 Å². The topological polar surface area (TPSA) is 88.1 Å². The van der Waals surface area contributed by atoms with E-state index in [1.807, 2.05) is 0 Å². The Balaban J connectivity index is 2.05. The number of ether oxygens (including phenoxy) is 2. The summed E-state index contributed by atoms with van der Waals surface area (Å²) in [4.78, 5) is 26.6. The molecule has 0 aromatic heterocycles. The zero-order valence-corrected chi connectivity index (χ0v) is 16.4. The van der Waals surface area contributed by atoms with Crippen molar-refractivity contribution in [1.82, 2.24) is 5.32 Å². The van der Waals surface area contributed by atoms with E-state index in [0.717, 1.165) is 0 Å². The molecule has 0 atom stereocenters. The number of hydrogen-bond donors (Lipinski definition) is 2. The molecule has 7 nitrogen and oxygen atoms in total. The Morgan fingerprint density at radius 1 is 1.11 bits per heavy atom. The van der Waals surface area contributed by atoms with E-state index in [4.69, 9.17) is 33.3 Å². The number of phenolic OH excluding ortho intramolecular Hbond substituents is 1. The van der Waals surface area contributed by atoms with Crippen LogP contribution in [0.2, 0.25) is 5.02 Å². The van der Waals surface area contributed by atoms with Crippen molar-refractivity contribution in [2.24, 2.45) is 0 Å². The molecule has 9 heteroatoms. The van der Waals surface area contributed by atoms with Gasteiger partial charge < -0.3 is 14.6 Å². The van der Waals surface area contributed by atoms with Crippen molar-refractivity contribution in [2.45, 2.75) is 0 Å². The van der Waals surface area contributed by atoms with Crippen LogP contribution < -0.4 is 19.7 Å². The normalized spacial score (nSPS) is 15.6. The van der Waals surface area contributed by atoms with Gasteiger partial charge in [0, 0.05) is 5.02 Å². The Hall–Kier alpha value is -3.10. The molecule has 1 fully saturated rings.